The third-order valence-corrected chi connectivity index (χ3v) is 3.64. The standard InChI is InChI=1S/C19H16F2N4O/c20-14-6-7-16(15(21)12-14)23-19(26)17-8-9-18(25-24-17)22-11-10-13-4-2-1-3-5-13/h1-9,12H,10-11H2,(H,22,25)(H,23,26). The van der Waals surface area contributed by atoms with E-state index in [9.17, 15) is 13.6 Å². The second kappa shape index (κ2) is 8.15. The van der Waals surface area contributed by atoms with Crippen LogP contribution in [0.2, 0.25) is 0 Å². The van der Waals surface area contributed by atoms with Gasteiger partial charge in [-0.25, -0.2) is 8.78 Å². The Morgan fingerprint density at radius 2 is 1.77 bits per heavy atom. The molecule has 0 bridgehead atoms. The van der Waals surface area contributed by atoms with Gasteiger partial charge < -0.3 is 10.6 Å². The molecule has 1 heterocycles. The molecule has 7 heteroatoms. The Bertz CT molecular complexity index is 886. The van der Waals surface area contributed by atoms with Gasteiger partial charge in [0.15, 0.2) is 5.69 Å². The molecule has 26 heavy (non-hydrogen) atoms. The highest BCUT2D eigenvalue weighted by molar-refractivity contribution is 6.02. The van der Waals surface area contributed by atoms with Gasteiger partial charge in [0.05, 0.1) is 5.69 Å². The first-order valence-corrected chi connectivity index (χ1v) is 8.00. The lowest BCUT2D eigenvalue weighted by Crippen LogP contribution is -2.16. The molecular weight excluding hydrogens is 338 g/mol. The molecular formula is C19H16F2N4O. The summed E-state index contributed by atoms with van der Waals surface area (Å²) in [5, 5.41) is 13.2. The molecule has 0 spiro atoms. The fourth-order valence-corrected chi connectivity index (χ4v) is 2.30. The van der Waals surface area contributed by atoms with Crippen molar-refractivity contribution in [2.45, 2.75) is 6.42 Å². The van der Waals surface area contributed by atoms with Gasteiger partial charge in [-0.1, -0.05) is 30.3 Å². The number of nitrogens with zero attached hydrogens (tertiary/aromatic N) is 2. The van der Waals surface area contributed by atoms with Gasteiger partial charge in [0.1, 0.15) is 17.5 Å². The first kappa shape index (κ1) is 17.5. The van der Waals surface area contributed by atoms with Crippen LogP contribution < -0.4 is 10.6 Å². The lowest BCUT2D eigenvalue weighted by Gasteiger charge is -2.07. The van der Waals surface area contributed by atoms with Gasteiger partial charge >= 0.3 is 0 Å². The first-order valence-electron chi connectivity index (χ1n) is 8.00. The summed E-state index contributed by atoms with van der Waals surface area (Å²) in [6.45, 7) is 0.672. The molecule has 0 saturated carbocycles. The lowest BCUT2D eigenvalue weighted by molar-refractivity contribution is 0.102. The normalized spacial score (nSPS) is 10.4. The average Bonchev–Trinajstić information content (AvgIpc) is 2.65. The van der Waals surface area contributed by atoms with E-state index in [1.165, 1.54) is 11.6 Å². The van der Waals surface area contributed by atoms with E-state index in [1.807, 2.05) is 30.3 Å². The van der Waals surface area contributed by atoms with Crippen molar-refractivity contribution in [3.63, 3.8) is 0 Å². The largest absolute Gasteiger partial charge is 0.368 e. The Kier molecular flexibility index (Phi) is 5.48. The molecule has 0 aliphatic rings. The lowest BCUT2D eigenvalue weighted by atomic mass is 10.1. The van der Waals surface area contributed by atoms with E-state index in [2.05, 4.69) is 20.8 Å². The minimum atomic E-state index is -0.856. The zero-order chi connectivity index (χ0) is 18.4. The maximum Gasteiger partial charge on any atom is 0.276 e. The van der Waals surface area contributed by atoms with E-state index in [0.29, 0.717) is 18.4 Å². The summed E-state index contributed by atoms with van der Waals surface area (Å²) in [4.78, 5) is 12.1. The van der Waals surface area contributed by atoms with Crippen LogP contribution >= 0.6 is 0 Å². The monoisotopic (exact) mass is 354 g/mol. The van der Waals surface area contributed by atoms with Gasteiger partial charge in [-0.05, 0) is 36.2 Å². The number of hydrogen-bond donors (Lipinski definition) is 2. The molecule has 132 valence electrons. The highest BCUT2D eigenvalue weighted by atomic mass is 19.1. The fourth-order valence-electron chi connectivity index (χ4n) is 2.30. The van der Waals surface area contributed by atoms with E-state index >= 15 is 0 Å². The predicted octanol–water partition coefficient (Wildman–Crippen LogP) is 3.66. The van der Waals surface area contributed by atoms with Crippen molar-refractivity contribution in [3.05, 3.63) is 83.6 Å². The maximum atomic E-state index is 13.6. The van der Waals surface area contributed by atoms with E-state index in [1.54, 1.807) is 6.07 Å². The van der Waals surface area contributed by atoms with Crippen molar-refractivity contribution < 1.29 is 13.6 Å². The molecule has 5 nitrogen and oxygen atoms in total. The van der Waals surface area contributed by atoms with Crippen LogP contribution in [-0.4, -0.2) is 22.6 Å². The smallest absolute Gasteiger partial charge is 0.276 e. The summed E-state index contributed by atoms with van der Waals surface area (Å²) in [6.07, 6.45) is 0.828. The number of rotatable bonds is 6. The van der Waals surface area contributed by atoms with Crippen LogP contribution in [0.3, 0.4) is 0 Å². The van der Waals surface area contributed by atoms with Crippen LogP contribution in [0.1, 0.15) is 16.1 Å². The quantitative estimate of drug-likeness (QED) is 0.709. The Balaban J connectivity index is 1.55. The third-order valence-electron chi connectivity index (χ3n) is 3.64. The highest BCUT2D eigenvalue weighted by Crippen LogP contribution is 2.16. The minimum absolute atomic E-state index is 0.0299. The number of aromatic nitrogens is 2. The second-order valence-electron chi connectivity index (χ2n) is 5.54. The zero-order valence-corrected chi connectivity index (χ0v) is 13.7. The number of anilines is 2. The number of carbonyl (C=O) groups is 1. The Morgan fingerprint density at radius 3 is 2.46 bits per heavy atom. The van der Waals surface area contributed by atoms with Crippen molar-refractivity contribution in [1.29, 1.82) is 0 Å². The summed E-state index contributed by atoms with van der Waals surface area (Å²) >= 11 is 0. The molecule has 0 unspecified atom stereocenters. The van der Waals surface area contributed by atoms with Crippen LogP contribution in [0.25, 0.3) is 0 Å². The van der Waals surface area contributed by atoms with Gasteiger partial charge in [0, 0.05) is 12.6 Å². The summed E-state index contributed by atoms with van der Waals surface area (Å²) in [5.74, 6) is -1.67. The molecule has 0 radical (unpaired) electrons. The zero-order valence-electron chi connectivity index (χ0n) is 13.7. The van der Waals surface area contributed by atoms with Crippen LogP contribution in [0.5, 0.6) is 0 Å². The van der Waals surface area contributed by atoms with Gasteiger partial charge in [0.25, 0.3) is 5.91 Å². The van der Waals surface area contributed by atoms with Crippen LogP contribution in [0.4, 0.5) is 20.3 Å². The molecule has 0 aliphatic heterocycles. The third kappa shape index (κ3) is 4.60. The van der Waals surface area contributed by atoms with E-state index < -0.39 is 17.5 Å². The molecule has 2 aromatic carbocycles. The van der Waals surface area contributed by atoms with E-state index in [-0.39, 0.29) is 11.4 Å². The summed E-state index contributed by atoms with van der Waals surface area (Å²) in [6, 6.07) is 16.0. The number of hydrogen-bond acceptors (Lipinski definition) is 4. The van der Waals surface area contributed by atoms with Crippen LogP contribution in [0.15, 0.2) is 60.7 Å². The maximum absolute atomic E-state index is 13.6. The fraction of sp³-hybridized carbons (Fsp3) is 0.105. The summed E-state index contributed by atoms with van der Waals surface area (Å²) in [7, 11) is 0. The van der Waals surface area contributed by atoms with E-state index in [0.717, 1.165) is 18.6 Å². The molecule has 0 aliphatic carbocycles. The van der Waals surface area contributed by atoms with Crippen molar-refractivity contribution in [1.82, 2.24) is 10.2 Å². The molecule has 1 aromatic heterocycles. The highest BCUT2D eigenvalue weighted by Gasteiger charge is 2.12. The van der Waals surface area contributed by atoms with Crippen molar-refractivity contribution in [3.8, 4) is 0 Å². The molecule has 2 N–H and O–H groups in total. The van der Waals surface area contributed by atoms with Gasteiger partial charge in [-0.2, -0.15) is 0 Å². The van der Waals surface area contributed by atoms with Crippen LogP contribution in [0, 0.1) is 11.6 Å². The topological polar surface area (TPSA) is 66.9 Å². The van der Waals surface area contributed by atoms with Gasteiger partial charge in [0.2, 0.25) is 0 Å². The Labute approximate surface area is 149 Å². The van der Waals surface area contributed by atoms with Crippen molar-refractivity contribution >= 4 is 17.4 Å². The Morgan fingerprint density at radius 1 is 0.962 bits per heavy atom. The SMILES string of the molecule is O=C(Nc1ccc(F)cc1F)c1ccc(NCCc2ccccc2)nn1. The van der Waals surface area contributed by atoms with E-state index in [4.69, 9.17) is 0 Å². The first-order chi connectivity index (χ1) is 12.6. The second-order valence-corrected chi connectivity index (χ2v) is 5.54. The van der Waals surface area contributed by atoms with Gasteiger partial charge in [-0.15, -0.1) is 10.2 Å². The molecule has 1 amide bonds. The van der Waals surface area contributed by atoms with Crippen molar-refractivity contribution in [2.75, 3.05) is 17.2 Å². The van der Waals surface area contributed by atoms with Crippen LogP contribution in [-0.2, 0) is 6.42 Å². The number of benzene rings is 2. The molecule has 0 saturated heterocycles. The number of amides is 1. The minimum Gasteiger partial charge on any atom is -0.368 e. The summed E-state index contributed by atoms with van der Waals surface area (Å²) in [5.41, 5.74) is 1.11. The number of nitrogens with one attached hydrogen (secondary N) is 2. The number of carbonyl (C=O) groups excluding carboxylic acids is 1. The predicted molar refractivity (Wildman–Crippen MR) is 95.0 cm³/mol. The summed E-state index contributed by atoms with van der Waals surface area (Å²) < 4.78 is 26.4. The molecule has 3 aromatic rings. The number of halogens is 2. The molecule has 0 atom stereocenters. The average molecular weight is 354 g/mol. The van der Waals surface area contributed by atoms with Crippen molar-refractivity contribution in [2.24, 2.45) is 0 Å². The Hall–Kier alpha value is -3.35. The molecule has 3 rings (SSSR count). The molecule has 0 fully saturated rings. The van der Waals surface area contributed by atoms with Gasteiger partial charge in [-0.3, -0.25) is 4.79 Å².